The van der Waals surface area contributed by atoms with E-state index in [4.69, 9.17) is 5.11 Å². The number of thioether (sulfide) groups is 1. The third-order valence-corrected chi connectivity index (χ3v) is 3.57. The third-order valence-electron chi connectivity index (χ3n) is 2.34. The predicted molar refractivity (Wildman–Crippen MR) is 51.3 cm³/mol. The molecule has 1 unspecified atom stereocenters. The highest BCUT2D eigenvalue weighted by atomic mass is 32.2. The van der Waals surface area contributed by atoms with E-state index in [9.17, 15) is 0 Å². The first-order valence-electron chi connectivity index (χ1n) is 4.31. The van der Waals surface area contributed by atoms with E-state index in [1.165, 1.54) is 6.33 Å². The van der Waals surface area contributed by atoms with E-state index >= 15 is 0 Å². The van der Waals surface area contributed by atoms with Crippen molar-refractivity contribution in [3.05, 3.63) is 12.7 Å². The Bertz CT molecular complexity index is 443. The summed E-state index contributed by atoms with van der Waals surface area (Å²) < 4.78 is 1.97. The fourth-order valence-electron chi connectivity index (χ4n) is 1.60. The van der Waals surface area contributed by atoms with Crippen molar-refractivity contribution in [2.75, 3.05) is 12.4 Å². The van der Waals surface area contributed by atoms with Crippen molar-refractivity contribution in [3.63, 3.8) is 0 Å². The van der Waals surface area contributed by atoms with Crippen LogP contribution in [0.5, 0.6) is 0 Å². The molecule has 72 valence electrons. The number of nitrogens with zero attached hydrogens (tertiary/aromatic N) is 4. The highest BCUT2D eigenvalue weighted by Crippen LogP contribution is 2.38. The van der Waals surface area contributed by atoms with Crippen molar-refractivity contribution in [1.29, 1.82) is 0 Å². The normalized spacial score (nSPS) is 20.2. The average molecular weight is 208 g/mol. The van der Waals surface area contributed by atoms with Crippen molar-refractivity contribution in [3.8, 4) is 11.5 Å². The summed E-state index contributed by atoms with van der Waals surface area (Å²) in [6.45, 7) is 0.145. The lowest BCUT2D eigenvalue weighted by Gasteiger charge is -2.11. The zero-order chi connectivity index (χ0) is 9.54. The number of rotatable bonds is 1. The van der Waals surface area contributed by atoms with Crippen molar-refractivity contribution in [1.82, 2.24) is 19.5 Å². The van der Waals surface area contributed by atoms with Crippen molar-refractivity contribution in [2.45, 2.75) is 11.1 Å². The van der Waals surface area contributed by atoms with Gasteiger partial charge in [-0.1, -0.05) is 0 Å². The van der Waals surface area contributed by atoms with Gasteiger partial charge in [0.1, 0.15) is 17.0 Å². The zero-order valence-electron chi connectivity index (χ0n) is 7.29. The molecule has 3 aliphatic heterocycles. The van der Waals surface area contributed by atoms with Crippen LogP contribution in [0.15, 0.2) is 17.7 Å². The molecular weight excluding hydrogens is 200 g/mol. The summed E-state index contributed by atoms with van der Waals surface area (Å²) in [6, 6.07) is 0.128. The first-order chi connectivity index (χ1) is 6.90. The summed E-state index contributed by atoms with van der Waals surface area (Å²) in [6.07, 6.45) is 3.25. The minimum Gasteiger partial charge on any atom is -0.394 e. The number of fused-ring (bicyclic) bond motifs is 3. The Labute approximate surface area is 84.6 Å². The van der Waals surface area contributed by atoms with Crippen molar-refractivity contribution < 1.29 is 5.11 Å². The SMILES string of the molecule is OCC1CSc2c3ncnc-3ncn21. The fourth-order valence-corrected chi connectivity index (χ4v) is 2.84. The van der Waals surface area contributed by atoms with E-state index < -0.39 is 0 Å². The van der Waals surface area contributed by atoms with Gasteiger partial charge < -0.3 is 9.67 Å². The largest absolute Gasteiger partial charge is 0.394 e. The van der Waals surface area contributed by atoms with Gasteiger partial charge in [-0.05, 0) is 0 Å². The third kappa shape index (κ3) is 0.978. The topological polar surface area (TPSA) is 63.8 Å². The second-order valence-electron chi connectivity index (χ2n) is 3.15. The smallest absolute Gasteiger partial charge is 0.183 e. The molecule has 0 bridgehead atoms. The van der Waals surface area contributed by atoms with E-state index in [1.54, 1.807) is 18.1 Å². The molecule has 3 heterocycles. The Hall–Kier alpha value is -1.14. The quantitative estimate of drug-likeness (QED) is 0.688. The second-order valence-corrected chi connectivity index (χ2v) is 4.16. The van der Waals surface area contributed by atoms with Gasteiger partial charge >= 0.3 is 0 Å². The molecule has 0 aliphatic carbocycles. The zero-order valence-corrected chi connectivity index (χ0v) is 8.11. The maximum atomic E-state index is 9.14. The minimum absolute atomic E-state index is 0.128. The Morgan fingerprint density at radius 3 is 3.29 bits per heavy atom. The molecule has 0 saturated heterocycles. The monoisotopic (exact) mass is 208 g/mol. The molecule has 0 saturated carbocycles. The van der Waals surface area contributed by atoms with E-state index in [0.717, 1.165) is 16.5 Å². The molecule has 0 aromatic rings. The molecule has 1 atom stereocenters. The van der Waals surface area contributed by atoms with Gasteiger partial charge in [-0.3, -0.25) is 0 Å². The van der Waals surface area contributed by atoms with Crippen LogP contribution in [0.3, 0.4) is 0 Å². The lowest BCUT2D eigenvalue weighted by molar-refractivity contribution is 0.238. The Balaban J connectivity index is 2.22. The van der Waals surface area contributed by atoms with Gasteiger partial charge in [0, 0.05) is 5.75 Å². The van der Waals surface area contributed by atoms with Crippen LogP contribution in [0.25, 0.3) is 11.5 Å². The molecule has 0 radical (unpaired) electrons. The molecular formula is C8H8N4OS. The second kappa shape index (κ2) is 2.93. The summed E-state index contributed by atoms with van der Waals surface area (Å²) in [5.41, 5.74) is 0.841. The standard InChI is InChI=1S/C8H8N4OS/c13-1-5-2-14-8-6-7(10-3-9-6)11-4-12(5)8/h3-5,13H,1-2H2. The number of aliphatic hydroxyl groups is 1. The lowest BCUT2D eigenvalue weighted by atomic mass is 10.3. The van der Waals surface area contributed by atoms with Crippen LogP contribution in [-0.4, -0.2) is 37.0 Å². The van der Waals surface area contributed by atoms with E-state index in [1.807, 2.05) is 4.57 Å². The minimum atomic E-state index is 0.128. The van der Waals surface area contributed by atoms with E-state index in [2.05, 4.69) is 15.0 Å². The van der Waals surface area contributed by atoms with Gasteiger partial charge in [-0.15, -0.1) is 11.8 Å². The predicted octanol–water partition coefficient (Wildman–Crippen LogP) is 0.417. The van der Waals surface area contributed by atoms with Gasteiger partial charge in [-0.25, -0.2) is 15.0 Å². The van der Waals surface area contributed by atoms with Crippen LogP contribution in [0.2, 0.25) is 0 Å². The van der Waals surface area contributed by atoms with Crippen LogP contribution in [-0.2, 0) is 0 Å². The van der Waals surface area contributed by atoms with Crippen LogP contribution >= 0.6 is 11.8 Å². The van der Waals surface area contributed by atoms with E-state index in [0.29, 0.717) is 5.82 Å². The van der Waals surface area contributed by atoms with Crippen molar-refractivity contribution in [2.24, 2.45) is 0 Å². The van der Waals surface area contributed by atoms with Crippen LogP contribution in [0.1, 0.15) is 6.04 Å². The summed E-state index contributed by atoms with van der Waals surface area (Å²) in [5, 5.41) is 10.2. The lowest BCUT2D eigenvalue weighted by Crippen LogP contribution is -2.12. The molecule has 3 aliphatic rings. The number of hydrogen-bond acceptors (Lipinski definition) is 5. The van der Waals surface area contributed by atoms with Gasteiger partial charge in [0.2, 0.25) is 0 Å². The van der Waals surface area contributed by atoms with Crippen LogP contribution in [0, 0.1) is 0 Å². The highest BCUT2D eigenvalue weighted by Gasteiger charge is 2.26. The number of hydrogen-bond donors (Lipinski definition) is 1. The maximum absolute atomic E-state index is 9.14. The fraction of sp³-hybridized carbons (Fsp3) is 0.375. The molecule has 0 aromatic carbocycles. The summed E-state index contributed by atoms with van der Waals surface area (Å²) in [7, 11) is 0. The van der Waals surface area contributed by atoms with Gasteiger partial charge in [0.15, 0.2) is 5.82 Å². The molecule has 14 heavy (non-hydrogen) atoms. The number of aromatic nitrogens is 4. The molecule has 0 fully saturated rings. The number of imidazole rings is 1. The number of aliphatic hydroxyl groups excluding tert-OH is 1. The Morgan fingerprint density at radius 2 is 2.43 bits per heavy atom. The first-order valence-corrected chi connectivity index (χ1v) is 5.30. The van der Waals surface area contributed by atoms with Crippen molar-refractivity contribution >= 4 is 11.8 Å². The molecule has 6 heteroatoms. The highest BCUT2D eigenvalue weighted by molar-refractivity contribution is 7.99. The Morgan fingerprint density at radius 1 is 1.50 bits per heavy atom. The van der Waals surface area contributed by atoms with Crippen LogP contribution < -0.4 is 0 Å². The molecule has 0 spiro atoms. The summed E-state index contributed by atoms with van der Waals surface area (Å²) in [4.78, 5) is 12.4. The van der Waals surface area contributed by atoms with E-state index in [-0.39, 0.29) is 12.6 Å². The molecule has 5 nitrogen and oxygen atoms in total. The summed E-state index contributed by atoms with van der Waals surface area (Å²) in [5.74, 6) is 1.56. The van der Waals surface area contributed by atoms with Gasteiger partial charge in [0.25, 0.3) is 0 Å². The molecule has 0 aromatic heterocycles. The van der Waals surface area contributed by atoms with Gasteiger partial charge in [0.05, 0.1) is 19.0 Å². The molecule has 3 rings (SSSR count). The Kier molecular flexibility index (Phi) is 1.71. The maximum Gasteiger partial charge on any atom is 0.183 e. The average Bonchev–Trinajstić information content (AvgIpc) is 2.82. The molecule has 1 N–H and O–H groups in total. The van der Waals surface area contributed by atoms with Gasteiger partial charge in [-0.2, -0.15) is 0 Å². The van der Waals surface area contributed by atoms with Crippen LogP contribution in [0.4, 0.5) is 0 Å². The molecule has 0 amide bonds. The summed E-state index contributed by atoms with van der Waals surface area (Å²) >= 11 is 1.70. The first kappa shape index (κ1) is 8.19.